The summed E-state index contributed by atoms with van der Waals surface area (Å²) in [4.78, 5) is 31.9. The molecule has 0 unspecified atom stereocenters. The number of non-ortho nitro benzene ring substituents is 1. The van der Waals surface area contributed by atoms with Gasteiger partial charge in [0.05, 0.1) is 22.1 Å². The summed E-state index contributed by atoms with van der Waals surface area (Å²) in [6.45, 7) is -0.400. The zero-order chi connectivity index (χ0) is 15.1. The van der Waals surface area contributed by atoms with Crippen molar-refractivity contribution in [1.82, 2.24) is 5.32 Å². The van der Waals surface area contributed by atoms with Gasteiger partial charge in [-0.15, -0.1) is 0 Å². The smallest absolute Gasteiger partial charge is 0.329 e. The number of nitro groups is 1. The van der Waals surface area contributed by atoms with Crippen LogP contribution in [0.15, 0.2) is 18.2 Å². The Labute approximate surface area is 118 Å². The number of carbonyl (C=O) groups is 2. The van der Waals surface area contributed by atoms with Crippen molar-refractivity contribution < 1.29 is 24.4 Å². The monoisotopic (exact) mass is 302 g/mol. The zero-order valence-corrected chi connectivity index (χ0v) is 10.9. The van der Waals surface area contributed by atoms with Gasteiger partial charge in [0.1, 0.15) is 6.61 Å². The molecule has 0 aromatic heterocycles. The maximum Gasteiger partial charge on any atom is 0.329 e. The Morgan fingerprint density at radius 2 is 2.15 bits per heavy atom. The molecule has 9 heteroatoms. The highest BCUT2D eigenvalue weighted by Gasteiger charge is 2.15. The molecule has 0 saturated carbocycles. The number of hydrogen-bond donors (Lipinski definition) is 2. The molecule has 0 aliphatic rings. The number of carboxylic acids is 1. The molecule has 0 atom stereocenters. The van der Waals surface area contributed by atoms with Gasteiger partial charge in [-0.2, -0.15) is 0 Å². The normalized spacial score (nSPS) is 10.1. The lowest BCUT2D eigenvalue weighted by Gasteiger charge is -2.06. The number of amides is 1. The molecule has 1 aromatic rings. The lowest BCUT2D eigenvalue weighted by Crippen LogP contribution is -2.28. The molecule has 0 aliphatic carbocycles. The first-order valence-corrected chi connectivity index (χ1v) is 5.81. The van der Waals surface area contributed by atoms with Crippen molar-refractivity contribution in [3.63, 3.8) is 0 Å². The fourth-order valence-corrected chi connectivity index (χ4v) is 1.50. The summed E-state index contributed by atoms with van der Waals surface area (Å²) >= 11 is 5.79. The lowest BCUT2D eigenvalue weighted by molar-refractivity contribution is -0.384. The molecule has 2 N–H and O–H groups in total. The average molecular weight is 303 g/mol. The van der Waals surface area contributed by atoms with Crippen molar-refractivity contribution in [3.05, 3.63) is 38.9 Å². The fourth-order valence-electron chi connectivity index (χ4n) is 1.29. The fraction of sp³-hybridized carbons (Fsp3) is 0.273. The first kappa shape index (κ1) is 15.9. The molecule has 8 nitrogen and oxygen atoms in total. The maximum absolute atomic E-state index is 11.7. The van der Waals surface area contributed by atoms with Gasteiger partial charge in [0.15, 0.2) is 0 Å². The van der Waals surface area contributed by atoms with Gasteiger partial charge < -0.3 is 15.2 Å². The summed E-state index contributed by atoms with van der Waals surface area (Å²) in [7, 11) is 0. The molecular weight excluding hydrogens is 292 g/mol. The molecule has 20 heavy (non-hydrogen) atoms. The minimum atomic E-state index is -1.11. The van der Waals surface area contributed by atoms with Crippen molar-refractivity contribution in [3.8, 4) is 0 Å². The van der Waals surface area contributed by atoms with Crippen LogP contribution in [0.1, 0.15) is 10.4 Å². The Bertz CT molecular complexity index is 534. The summed E-state index contributed by atoms with van der Waals surface area (Å²) in [5, 5.41) is 21.4. The van der Waals surface area contributed by atoms with Crippen molar-refractivity contribution in [2.45, 2.75) is 0 Å². The molecule has 0 heterocycles. The molecule has 0 radical (unpaired) electrons. The maximum atomic E-state index is 11.7. The number of hydrogen-bond acceptors (Lipinski definition) is 5. The molecule has 1 aromatic carbocycles. The van der Waals surface area contributed by atoms with Crippen molar-refractivity contribution in [2.24, 2.45) is 0 Å². The van der Waals surface area contributed by atoms with Gasteiger partial charge in [-0.25, -0.2) is 4.79 Å². The van der Waals surface area contributed by atoms with Gasteiger partial charge >= 0.3 is 5.97 Å². The van der Waals surface area contributed by atoms with E-state index in [4.69, 9.17) is 21.4 Å². The number of nitrogens with one attached hydrogen (secondary N) is 1. The topological polar surface area (TPSA) is 119 Å². The second-order valence-electron chi connectivity index (χ2n) is 3.62. The van der Waals surface area contributed by atoms with E-state index in [0.29, 0.717) is 0 Å². The first-order chi connectivity index (χ1) is 9.41. The number of carboxylic acid groups (broad SMARTS) is 1. The van der Waals surface area contributed by atoms with Gasteiger partial charge in [0.25, 0.3) is 11.6 Å². The quantitative estimate of drug-likeness (QED) is 0.442. The summed E-state index contributed by atoms with van der Waals surface area (Å²) in [5.41, 5.74) is -0.277. The van der Waals surface area contributed by atoms with Crippen LogP contribution in [0.4, 0.5) is 5.69 Å². The van der Waals surface area contributed by atoms with Crippen molar-refractivity contribution in [2.75, 3.05) is 19.8 Å². The highest BCUT2D eigenvalue weighted by atomic mass is 35.5. The van der Waals surface area contributed by atoms with E-state index in [-0.39, 0.29) is 29.4 Å². The number of aliphatic carboxylic acids is 1. The van der Waals surface area contributed by atoms with Gasteiger partial charge in [-0.3, -0.25) is 14.9 Å². The molecule has 0 saturated heterocycles. The van der Waals surface area contributed by atoms with Crippen LogP contribution in [-0.4, -0.2) is 41.7 Å². The molecule has 108 valence electrons. The Hall–Kier alpha value is -2.19. The predicted octanol–water partition coefficient (Wildman–Crippen LogP) is 1.08. The van der Waals surface area contributed by atoms with E-state index in [2.05, 4.69) is 5.32 Å². The number of carbonyl (C=O) groups excluding carboxylic acids is 1. The number of nitro benzene ring substituents is 1. The van der Waals surface area contributed by atoms with E-state index in [1.165, 1.54) is 12.1 Å². The number of halogens is 1. The van der Waals surface area contributed by atoms with Crippen LogP contribution in [0.25, 0.3) is 0 Å². The van der Waals surface area contributed by atoms with Crippen LogP contribution in [-0.2, 0) is 9.53 Å². The third-order valence-corrected chi connectivity index (χ3v) is 2.49. The van der Waals surface area contributed by atoms with E-state index in [1.54, 1.807) is 0 Å². The Morgan fingerprint density at radius 3 is 2.75 bits per heavy atom. The highest BCUT2D eigenvalue weighted by Crippen LogP contribution is 2.21. The molecule has 1 amide bonds. The third kappa shape index (κ3) is 4.82. The van der Waals surface area contributed by atoms with Crippen LogP contribution in [0.2, 0.25) is 5.02 Å². The molecular formula is C11H11ClN2O6. The summed E-state index contributed by atoms with van der Waals surface area (Å²) in [6.07, 6.45) is 0. The largest absolute Gasteiger partial charge is 0.480 e. The molecule has 0 fully saturated rings. The van der Waals surface area contributed by atoms with Crippen LogP contribution in [0.3, 0.4) is 0 Å². The average Bonchev–Trinajstić information content (AvgIpc) is 2.37. The molecule has 0 bridgehead atoms. The van der Waals surface area contributed by atoms with Gasteiger partial charge in [0, 0.05) is 18.7 Å². The van der Waals surface area contributed by atoms with Crippen molar-refractivity contribution >= 4 is 29.2 Å². The number of ether oxygens (including phenoxy) is 1. The number of rotatable bonds is 7. The third-order valence-electron chi connectivity index (χ3n) is 2.16. The highest BCUT2D eigenvalue weighted by molar-refractivity contribution is 6.33. The Balaban J connectivity index is 2.57. The molecule has 0 aliphatic heterocycles. The van der Waals surface area contributed by atoms with E-state index in [1.807, 2.05) is 0 Å². The van der Waals surface area contributed by atoms with Gasteiger partial charge in [-0.1, -0.05) is 11.6 Å². The van der Waals surface area contributed by atoms with E-state index < -0.39 is 23.4 Å². The minimum Gasteiger partial charge on any atom is -0.480 e. The SMILES string of the molecule is O=C(O)COCCNC(=O)c1cc([N+](=O)[O-])ccc1Cl. The van der Waals surface area contributed by atoms with E-state index in [9.17, 15) is 19.7 Å². The Morgan fingerprint density at radius 1 is 1.45 bits per heavy atom. The zero-order valence-electron chi connectivity index (χ0n) is 10.2. The minimum absolute atomic E-state index is 0.00455. The van der Waals surface area contributed by atoms with Crippen LogP contribution in [0.5, 0.6) is 0 Å². The second-order valence-corrected chi connectivity index (χ2v) is 4.03. The summed E-state index contributed by atoms with van der Waals surface area (Å²) < 4.78 is 4.72. The van der Waals surface area contributed by atoms with E-state index in [0.717, 1.165) is 6.07 Å². The Kier molecular flexibility index (Phi) is 5.88. The number of benzene rings is 1. The van der Waals surface area contributed by atoms with Gasteiger partial charge in [0.2, 0.25) is 0 Å². The molecule has 0 spiro atoms. The number of nitrogens with zero attached hydrogens (tertiary/aromatic N) is 1. The lowest BCUT2D eigenvalue weighted by atomic mass is 10.2. The summed E-state index contributed by atoms with van der Waals surface area (Å²) in [6, 6.07) is 3.51. The standard InChI is InChI=1S/C11H11ClN2O6/c12-9-2-1-7(14(18)19)5-8(9)11(17)13-3-4-20-6-10(15)16/h1-2,5H,3-4,6H2,(H,13,17)(H,15,16). The van der Waals surface area contributed by atoms with Crippen LogP contribution in [0, 0.1) is 10.1 Å². The first-order valence-electron chi connectivity index (χ1n) is 5.43. The van der Waals surface area contributed by atoms with Crippen LogP contribution >= 0.6 is 11.6 Å². The van der Waals surface area contributed by atoms with E-state index >= 15 is 0 Å². The molecule has 1 rings (SSSR count). The second kappa shape index (κ2) is 7.41. The van der Waals surface area contributed by atoms with Crippen LogP contribution < -0.4 is 5.32 Å². The predicted molar refractivity (Wildman–Crippen MR) is 68.9 cm³/mol. The van der Waals surface area contributed by atoms with Gasteiger partial charge in [-0.05, 0) is 6.07 Å². The summed E-state index contributed by atoms with van der Waals surface area (Å²) in [5.74, 6) is -1.71. The van der Waals surface area contributed by atoms with Crippen molar-refractivity contribution in [1.29, 1.82) is 0 Å².